The van der Waals surface area contributed by atoms with E-state index in [1.807, 2.05) is 24.3 Å². The Balaban J connectivity index is 3.14. The average molecular weight is 299 g/mol. The van der Waals surface area contributed by atoms with Gasteiger partial charge in [0.2, 0.25) is 0 Å². The molecule has 20 heavy (non-hydrogen) atoms. The molecule has 0 aliphatic carbocycles. The van der Waals surface area contributed by atoms with E-state index in [1.54, 1.807) is 0 Å². The van der Waals surface area contributed by atoms with Crippen LogP contribution in [-0.2, 0) is 24.8 Å². The fourth-order valence-electron chi connectivity index (χ4n) is 2.13. The first-order valence-corrected chi connectivity index (χ1v) is 8.06. The van der Waals surface area contributed by atoms with E-state index in [0.29, 0.717) is 0 Å². The van der Waals surface area contributed by atoms with Gasteiger partial charge in [-0.1, -0.05) is 31.2 Å². The molecule has 1 rings (SSSR count). The van der Waals surface area contributed by atoms with Gasteiger partial charge >= 0.3 is 7.60 Å². The molecule has 0 amide bonds. The van der Waals surface area contributed by atoms with Crippen molar-refractivity contribution in [2.24, 2.45) is 5.73 Å². The third kappa shape index (κ3) is 3.55. The number of nitrogens with two attached hydrogens (primary N) is 1. The van der Waals surface area contributed by atoms with Crippen molar-refractivity contribution >= 4 is 13.4 Å². The van der Waals surface area contributed by atoms with Crippen molar-refractivity contribution in [1.29, 1.82) is 0 Å². The second kappa shape index (κ2) is 7.14. The Morgan fingerprint density at radius 2 is 1.75 bits per heavy atom. The summed E-state index contributed by atoms with van der Waals surface area (Å²) in [6.45, 7) is 3.40. The molecular formula is C14H22NO4P. The van der Waals surface area contributed by atoms with Gasteiger partial charge in [-0.05, 0) is 24.5 Å². The van der Waals surface area contributed by atoms with Crippen LogP contribution in [0.15, 0.2) is 24.3 Å². The van der Waals surface area contributed by atoms with Crippen molar-refractivity contribution in [1.82, 2.24) is 0 Å². The Morgan fingerprint density at radius 3 is 2.10 bits per heavy atom. The molecule has 1 aromatic rings. The van der Waals surface area contributed by atoms with Crippen LogP contribution >= 0.6 is 7.60 Å². The van der Waals surface area contributed by atoms with E-state index in [4.69, 9.17) is 14.8 Å². The topological polar surface area (TPSA) is 78.6 Å². The Bertz CT molecular complexity index is 492. The molecule has 2 N–H and O–H groups in total. The lowest BCUT2D eigenvalue weighted by molar-refractivity contribution is -0.117. The molecule has 0 bridgehead atoms. The van der Waals surface area contributed by atoms with Gasteiger partial charge in [0, 0.05) is 14.2 Å². The number of ketones is 1. The first kappa shape index (κ1) is 17.1. The summed E-state index contributed by atoms with van der Waals surface area (Å²) < 4.78 is 22.3. The van der Waals surface area contributed by atoms with Gasteiger partial charge in [0.15, 0.2) is 0 Å². The summed E-state index contributed by atoms with van der Waals surface area (Å²) >= 11 is 0. The number of hydrogen-bond donors (Lipinski definition) is 1. The highest BCUT2D eigenvalue weighted by atomic mass is 31.2. The minimum atomic E-state index is -3.56. The zero-order valence-electron chi connectivity index (χ0n) is 12.3. The number of aryl methyl sites for hydroxylation is 1. The highest BCUT2D eigenvalue weighted by Gasteiger charge is 2.42. The number of carbonyl (C=O) groups is 1. The summed E-state index contributed by atoms with van der Waals surface area (Å²) in [6.07, 6.45) is 0.917. The minimum absolute atomic E-state index is 0.316. The third-order valence-corrected chi connectivity index (χ3v) is 5.76. The molecule has 2 atom stereocenters. The summed E-state index contributed by atoms with van der Waals surface area (Å²) in [5.41, 5.74) is 7.01. The highest BCUT2D eigenvalue weighted by molar-refractivity contribution is 7.55. The van der Waals surface area contributed by atoms with E-state index in [-0.39, 0.29) is 5.78 Å². The molecule has 0 spiro atoms. The normalized spacial score (nSPS) is 14.8. The molecule has 0 saturated heterocycles. The van der Waals surface area contributed by atoms with E-state index >= 15 is 0 Å². The Labute approximate surface area is 120 Å². The number of hydrogen-bond acceptors (Lipinski definition) is 5. The van der Waals surface area contributed by atoms with Gasteiger partial charge in [0.05, 0.1) is 6.04 Å². The van der Waals surface area contributed by atoms with Crippen LogP contribution in [0.5, 0.6) is 0 Å². The lowest BCUT2D eigenvalue weighted by Gasteiger charge is -2.27. The van der Waals surface area contributed by atoms with Crippen LogP contribution in [0.1, 0.15) is 31.0 Å². The quantitative estimate of drug-likeness (QED) is 0.783. The van der Waals surface area contributed by atoms with Crippen LogP contribution < -0.4 is 5.73 Å². The van der Waals surface area contributed by atoms with Gasteiger partial charge in [-0.15, -0.1) is 0 Å². The van der Waals surface area contributed by atoms with Gasteiger partial charge in [0.25, 0.3) is 0 Å². The van der Waals surface area contributed by atoms with Crippen LogP contribution in [-0.4, -0.2) is 25.7 Å². The summed E-state index contributed by atoms with van der Waals surface area (Å²) in [4.78, 5) is 11.8. The Morgan fingerprint density at radius 1 is 1.25 bits per heavy atom. The molecule has 112 valence electrons. The maximum atomic E-state index is 12.5. The largest absolute Gasteiger partial charge is 0.342 e. The number of benzene rings is 1. The van der Waals surface area contributed by atoms with Crippen molar-refractivity contribution in [3.63, 3.8) is 0 Å². The van der Waals surface area contributed by atoms with Crippen molar-refractivity contribution < 1.29 is 18.4 Å². The smallest absolute Gasteiger partial charge is 0.323 e. The molecule has 0 aromatic heterocycles. The summed E-state index contributed by atoms with van der Waals surface area (Å²) in [5.74, 6) is -0.316. The fraction of sp³-hybridized carbons (Fsp3) is 0.500. The maximum Gasteiger partial charge on any atom is 0.342 e. The summed E-state index contributed by atoms with van der Waals surface area (Å²) in [5, 5.41) is 0. The van der Waals surface area contributed by atoms with Crippen LogP contribution in [0, 0.1) is 0 Å². The average Bonchev–Trinajstić information content (AvgIpc) is 2.46. The summed E-state index contributed by atoms with van der Waals surface area (Å²) in [7, 11) is -1.05. The molecule has 0 heterocycles. The predicted octanol–water partition coefficient (Wildman–Crippen LogP) is 2.69. The zero-order valence-corrected chi connectivity index (χ0v) is 13.2. The van der Waals surface area contributed by atoms with Crippen molar-refractivity contribution in [3.8, 4) is 0 Å². The molecule has 0 aliphatic heterocycles. The molecular weight excluding hydrogens is 277 g/mol. The van der Waals surface area contributed by atoms with Gasteiger partial charge in [-0.2, -0.15) is 0 Å². The maximum absolute atomic E-state index is 12.5. The van der Waals surface area contributed by atoms with Crippen LogP contribution in [0.2, 0.25) is 0 Å². The van der Waals surface area contributed by atoms with Crippen molar-refractivity contribution in [2.75, 3.05) is 14.2 Å². The molecule has 0 radical (unpaired) electrons. The Hall–Kier alpha value is -1.00. The van der Waals surface area contributed by atoms with E-state index < -0.39 is 19.3 Å². The fourth-order valence-corrected chi connectivity index (χ4v) is 3.75. The van der Waals surface area contributed by atoms with E-state index in [0.717, 1.165) is 12.0 Å². The standard InChI is InChI=1S/C14H22NO4P/c1-5-11-6-8-12(9-7-11)13(15)14(10(2)16)20(17,18-3)19-4/h6-9,13-14H,5,15H2,1-4H3. The highest BCUT2D eigenvalue weighted by Crippen LogP contribution is 2.55. The van der Waals surface area contributed by atoms with Crippen molar-refractivity contribution in [3.05, 3.63) is 35.4 Å². The van der Waals surface area contributed by atoms with Crippen molar-refractivity contribution in [2.45, 2.75) is 32.0 Å². The predicted molar refractivity (Wildman–Crippen MR) is 78.8 cm³/mol. The minimum Gasteiger partial charge on any atom is -0.323 e. The Kier molecular flexibility index (Phi) is 6.08. The van der Waals surface area contributed by atoms with E-state index in [1.165, 1.54) is 26.7 Å². The molecule has 0 aliphatic rings. The monoisotopic (exact) mass is 299 g/mol. The molecule has 0 saturated carbocycles. The molecule has 6 heteroatoms. The number of Topliss-reactive ketones (excluding diaryl/α,β-unsaturated/α-hetero) is 1. The second-order valence-electron chi connectivity index (χ2n) is 4.58. The van der Waals surface area contributed by atoms with Gasteiger partial charge in [-0.3, -0.25) is 9.36 Å². The van der Waals surface area contributed by atoms with Crippen LogP contribution in [0.25, 0.3) is 0 Å². The lowest BCUT2D eigenvalue weighted by atomic mass is 10.0. The van der Waals surface area contributed by atoms with Crippen LogP contribution in [0.3, 0.4) is 0 Å². The second-order valence-corrected chi connectivity index (χ2v) is 6.95. The first-order chi connectivity index (χ1) is 9.39. The molecule has 5 nitrogen and oxygen atoms in total. The summed E-state index contributed by atoms with van der Waals surface area (Å²) in [6, 6.07) is 6.84. The van der Waals surface area contributed by atoms with E-state index in [2.05, 4.69) is 6.92 Å². The van der Waals surface area contributed by atoms with Crippen LogP contribution in [0.4, 0.5) is 0 Å². The molecule has 1 aromatic carbocycles. The zero-order chi connectivity index (χ0) is 15.3. The van der Waals surface area contributed by atoms with Gasteiger partial charge in [-0.25, -0.2) is 0 Å². The number of rotatable bonds is 7. The molecule has 0 fully saturated rings. The molecule has 2 unspecified atom stereocenters. The third-order valence-electron chi connectivity index (χ3n) is 3.38. The SMILES string of the molecule is CCc1ccc(C(N)C(C(C)=O)P(=O)(OC)OC)cc1. The number of carbonyl (C=O) groups excluding carboxylic acids is 1. The first-order valence-electron chi connectivity index (χ1n) is 6.45. The van der Waals surface area contributed by atoms with Gasteiger partial charge in [0.1, 0.15) is 11.4 Å². The van der Waals surface area contributed by atoms with Gasteiger partial charge < -0.3 is 14.8 Å². The lowest BCUT2D eigenvalue weighted by Crippen LogP contribution is -2.33. The van der Waals surface area contributed by atoms with E-state index in [9.17, 15) is 9.36 Å².